The molecule has 3 aromatic rings. The van der Waals surface area contributed by atoms with E-state index >= 15 is 0 Å². The van der Waals surface area contributed by atoms with Crippen molar-refractivity contribution in [2.45, 2.75) is 65.8 Å². The van der Waals surface area contributed by atoms with Gasteiger partial charge in [-0.3, -0.25) is 4.79 Å². The standard InChI is InChI=1S/C32H37N3O5/c1-19-16-20(2)27(21(3)17-19)34-31(40)33-26-18-23(22-8-11-24(36)12-9-22)10-13-25(26)29(37)35-28(30(38)39)32(4)14-6-5-7-15-32/h8-13,16-18,28,36H,5-7,14-15H2,1-4H3,(H,35,37)(H,38,39)(H2,33,34,40)/t28-/m1/s1. The summed E-state index contributed by atoms with van der Waals surface area (Å²) >= 11 is 0. The van der Waals surface area contributed by atoms with Gasteiger partial charge in [-0.2, -0.15) is 0 Å². The number of urea groups is 1. The molecule has 3 aromatic carbocycles. The molecule has 1 aliphatic rings. The number of phenols is 1. The number of benzene rings is 3. The molecule has 4 rings (SSSR count). The number of amides is 3. The molecule has 0 bridgehead atoms. The molecule has 210 valence electrons. The smallest absolute Gasteiger partial charge is 0.326 e. The summed E-state index contributed by atoms with van der Waals surface area (Å²) in [6.45, 7) is 7.73. The molecule has 0 spiro atoms. The van der Waals surface area contributed by atoms with Gasteiger partial charge >= 0.3 is 12.0 Å². The average Bonchev–Trinajstić information content (AvgIpc) is 2.89. The molecule has 0 aromatic heterocycles. The Balaban J connectivity index is 1.67. The van der Waals surface area contributed by atoms with Crippen LogP contribution in [0, 0.1) is 26.2 Å². The molecule has 0 saturated heterocycles. The second-order valence-electron chi connectivity index (χ2n) is 11.1. The second-order valence-corrected chi connectivity index (χ2v) is 11.1. The third kappa shape index (κ3) is 6.45. The maximum atomic E-state index is 13.6. The highest BCUT2D eigenvalue weighted by Gasteiger charge is 2.41. The number of nitrogens with one attached hydrogen (secondary N) is 3. The minimum atomic E-state index is -1.07. The fraction of sp³-hybridized carbons (Fsp3) is 0.344. The lowest BCUT2D eigenvalue weighted by molar-refractivity contribution is -0.143. The first-order valence-electron chi connectivity index (χ1n) is 13.6. The zero-order valence-corrected chi connectivity index (χ0v) is 23.4. The Labute approximate surface area is 234 Å². The van der Waals surface area contributed by atoms with Gasteiger partial charge in [0.25, 0.3) is 5.91 Å². The fourth-order valence-electron chi connectivity index (χ4n) is 5.71. The summed E-state index contributed by atoms with van der Waals surface area (Å²) in [5, 5.41) is 28.2. The van der Waals surface area contributed by atoms with Gasteiger partial charge in [-0.25, -0.2) is 9.59 Å². The zero-order chi connectivity index (χ0) is 29.0. The van der Waals surface area contributed by atoms with Gasteiger partial charge in [0.05, 0.1) is 11.3 Å². The highest BCUT2D eigenvalue weighted by atomic mass is 16.4. The third-order valence-corrected chi connectivity index (χ3v) is 7.84. The number of anilines is 2. The summed E-state index contributed by atoms with van der Waals surface area (Å²) in [5.41, 5.74) is 4.90. The van der Waals surface area contributed by atoms with Crippen molar-refractivity contribution >= 4 is 29.3 Å². The number of rotatable bonds is 7. The first-order chi connectivity index (χ1) is 19.0. The quantitative estimate of drug-likeness (QED) is 0.224. The maximum Gasteiger partial charge on any atom is 0.326 e. The van der Waals surface area contributed by atoms with E-state index in [0.717, 1.165) is 41.5 Å². The summed E-state index contributed by atoms with van der Waals surface area (Å²) in [5.74, 6) is -1.53. The highest BCUT2D eigenvalue weighted by molar-refractivity contribution is 6.08. The van der Waals surface area contributed by atoms with Crippen LogP contribution in [-0.4, -0.2) is 34.2 Å². The number of carbonyl (C=O) groups excluding carboxylic acids is 2. The molecular weight excluding hydrogens is 506 g/mol. The van der Waals surface area contributed by atoms with Crippen molar-refractivity contribution in [3.05, 3.63) is 76.9 Å². The topological polar surface area (TPSA) is 128 Å². The van der Waals surface area contributed by atoms with Gasteiger partial charge in [-0.05, 0) is 85.5 Å². The van der Waals surface area contributed by atoms with E-state index in [4.69, 9.17) is 0 Å². The van der Waals surface area contributed by atoms with Crippen LogP contribution in [-0.2, 0) is 4.79 Å². The van der Waals surface area contributed by atoms with E-state index in [1.54, 1.807) is 42.5 Å². The van der Waals surface area contributed by atoms with Crippen LogP contribution in [0.1, 0.15) is 66.1 Å². The van der Waals surface area contributed by atoms with E-state index in [2.05, 4.69) is 16.0 Å². The van der Waals surface area contributed by atoms with E-state index in [9.17, 15) is 24.6 Å². The number of hydrogen-bond acceptors (Lipinski definition) is 4. The molecule has 8 heteroatoms. The molecule has 0 aliphatic heterocycles. The van der Waals surface area contributed by atoms with Gasteiger partial charge in [0.2, 0.25) is 0 Å². The molecule has 0 radical (unpaired) electrons. The van der Waals surface area contributed by atoms with Crippen molar-refractivity contribution in [2.75, 3.05) is 10.6 Å². The first-order valence-corrected chi connectivity index (χ1v) is 13.6. The highest BCUT2D eigenvalue weighted by Crippen LogP contribution is 2.39. The molecule has 0 unspecified atom stereocenters. The number of carbonyl (C=O) groups is 3. The lowest BCUT2D eigenvalue weighted by Crippen LogP contribution is -2.52. The van der Waals surface area contributed by atoms with Crippen molar-refractivity contribution in [3.8, 4) is 16.9 Å². The summed E-state index contributed by atoms with van der Waals surface area (Å²) in [7, 11) is 0. The summed E-state index contributed by atoms with van der Waals surface area (Å²) in [4.78, 5) is 39.0. The number of aryl methyl sites for hydroxylation is 3. The van der Waals surface area contributed by atoms with Crippen molar-refractivity contribution in [1.82, 2.24) is 5.32 Å². The fourth-order valence-corrected chi connectivity index (χ4v) is 5.71. The van der Waals surface area contributed by atoms with E-state index in [0.29, 0.717) is 24.1 Å². The number of aliphatic carboxylic acids is 1. The molecule has 5 N–H and O–H groups in total. The second kappa shape index (κ2) is 11.8. The van der Waals surface area contributed by atoms with Gasteiger partial charge in [0.15, 0.2) is 0 Å². The summed E-state index contributed by atoms with van der Waals surface area (Å²) in [6, 6.07) is 13.9. The van der Waals surface area contributed by atoms with Crippen LogP contribution in [0.15, 0.2) is 54.6 Å². The van der Waals surface area contributed by atoms with E-state index in [1.165, 1.54) is 0 Å². The summed E-state index contributed by atoms with van der Waals surface area (Å²) in [6.07, 6.45) is 4.32. The monoisotopic (exact) mass is 543 g/mol. The molecule has 1 saturated carbocycles. The minimum Gasteiger partial charge on any atom is -0.508 e. The van der Waals surface area contributed by atoms with Crippen molar-refractivity contribution in [3.63, 3.8) is 0 Å². The van der Waals surface area contributed by atoms with Crippen LogP contribution in [0.3, 0.4) is 0 Å². The van der Waals surface area contributed by atoms with E-state index < -0.39 is 29.4 Å². The van der Waals surface area contributed by atoms with Gasteiger partial charge in [-0.1, -0.05) is 62.1 Å². The van der Waals surface area contributed by atoms with Crippen LogP contribution in [0.4, 0.5) is 16.2 Å². The molecule has 1 aliphatic carbocycles. The van der Waals surface area contributed by atoms with Crippen LogP contribution in [0.5, 0.6) is 5.75 Å². The maximum absolute atomic E-state index is 13.6. The SMILES string of the molecule is Cc1cc(C)c(NC(=O)Nc2cc(-c3ccc(O)cc3)ccc2C(=O)N[C@H](C(=O)O)C2(C)CCCCC2)c(C)c1. The Kier molecular flexibility index (Phi) is 8.47. The number of hydrogen-bond donors (Lipinski definition) is 5. The molecule has 1 atom stereocenters. The predicted octanol–water partition coefficient (Wildman–Crippen LogP) is 6.78. The summed E-state index contributed by atoms with van der Waals surface area (Å²) < 4.78 is 0. The largest absolute Gasteiger partial charge is 0.508 e. The molecule has 8 nitrogen and oxygen atoms in total. The Hall–Kier alpha value is -4.33. The van der Waals surface area contributed by atoms with Gasteiger partial charge in [0, 0.05) is 5.69 Å². The number of carboxylic acids is 1. The van der Waals surface area contributed by atoms with Gasteiger partial charge in [-0.15, -0.1) is 0 Å². The normalized spacial score (nSPS) is 15.1. The lowest BCUT2D eigenvalue weighted by Gasteiger charge is -2.38. The van der Waals surface area contributed by atoms with Crippen molar-refractivity contribution in [2.24, 2.45) is 5.41 Å². The Morgan fingerprint density at radius 3 is 2.02 bits per heavy atom. The first kappa shape index (κ1) is 28.7. The Morgan fingerprint density at radius 1 is 0.825 bits per heavy atom. The van der Waals surface area contributed by atoms with Crippen LogP contribution in [0.25, 0.3) is 11.1 Å². The molecule has 1 fully saturated rings. The van der Waals surface area contributed by atoms with E-state index in [1.807, 2.05) is 39.8 Å². The number of aromatic hydroxyl groups is 1. The molecule has 40 heavy (non-hydrogen) atoms. The number of carboxylic acid groups (broad SMARTS) is 1. The van der Waals surface area contributed by atoms with Gasteiger partial charge in [0.1, 0.15) is 11.8 Å². The van der Waals surface area contributed by atoms with Crippen molar-refractivity contribution in [1.29, 1.82) is 0 Å². The zero-order valence-electron chi connectivity index (χ0n) is 23.4. The third-order valence-electron chi connectivity index (χ3n) is 7.84. The van der Waals surface area contributed by atoms with E-state index in [-0.39, 0.29) is 17.0 Å². The minimum absolute atomic E-state index is 0.122. The molecule has 0 heterocycles. The number of phenolic OH excluding ortho intramolecular Hbond substituents is 1. The average molecular weight is 544 g/mol. The Bertz CT molecular complexity index is 1400. The van der Waals surface area contributed by atoms with Crippen LogP contribution < -0.4 is 16.0 Å². The molecule has 3 amide bonds. The Morgan fingerprint density at radius 2 is 1.43 bits per heavy atom. The van der Waals surface area contributed by atoms with Crippen molar-refractivity contribution < 1.29 is 24.6 Å². The van der Waals surface area contributed by atoms with Gasteiger partial charge < -0.3 is 26.2 Å². The predicted molar refractivity (Wildman–Crippen MR) is 157 cm³/mol. The van der Waals surface area contributed by atoms with Crippen LogP contribution in [0.2, 0.25) is 0 Å². The van der Waals surface area contributed by atoms with Crippen LogP contribution >= 0.6 is 0 Å². The lowest BCUT2D eigenvalue weighted by atomic mass is 9.70. The molecular formula is C32H37N3O5.